The monoisotopic (exact) mass is 273 g/mol. The number of rotatable bonds is 3. The molecule has 0 saturated heterocycles. The van der Waals surface area contributed by atoms with Crippen LogP contribution in [0.4, 0.5) is 0 Å². The zero-order valence-electron chi connectivity index (χ0n) is 7.22. The lowest BCUT2D eigenvalue weighted by atomic mass is 9.90. The third kappa shape index (κ3) is 6.55. The minimum Gasteiger partial charge on any atom is -0.481 e. The average Bonchev–Trinajstić information content (AvgIpc) is 1.92. The normalized spacial score (nSPS) is 9.91. The summed E-state index contributed by atoms with van der Waals surface area (Å²) in [5.74, 6) is -0.784. The molecule has 0 unspecified atom stereocenters. The Hall–Kier alpha value is 0.160. The van der Waals surface area contributed by atoms with Gasteiger partial charge in [-0.2, -0.15) is 0 Å². The molecule has 0 aromatic heterocycles. The fourth-order valence-corrected chi connectivity index (χ4v) is 0.468. The number of carboxylic acid groups (broad SMARTS) is 1. The summed E-state index contributed by atoms with van der Waals surface area (Å²) >= 11 is 2.15. The van der Waals surface area contributed by atoms with Crippen molar-refractivity contribution in [2.45, 2.75) is 20.3 Å². The number of carboxylic acids is 1. The maximum atomic E-state index is 10.4. The highest BCUT2D eigenvalue weighted by atomic mass is 127. The topological polar surface area (TPSA) is 63.3 Å². The summed E-state index contributed by atoms with van der Waals surface area (Å²) in [6, 6.07) is 0. The maximum Gasteiger partial charge on any atom is 0.309 e. The number of halogens is 1. The molecule has 0 aliphatic heterocycles. The van der Waals surface area contributed by atoms with Crippen molar-refractivity contribution in [3.05, 3.63) is 0 Å². The number of carbonyl (C=O) groups is 1. The molecule has 0 atom stereocenters. The fraction of sp³-hybridized carbons (Fsp3) is 0.857. The Bertz CT molecular complexity index is 115. The van der Waals surface area contributed by atoms with Gasteiger partial charge in [-0.3, -0.25) is 4.79 Å². The summed E-state index contributed by atoms with van der Waals surface area (Å²) in [6.07, 6.45) is 0.530. The van der Waals surface area contributed by atoms with E-state index in [1.165, 1.54) is 0 Å². The van der Waals surface area contributed by atoms with Gasteiger partial charge in [0.05, 0.1) is 5.41 Å². The molecule has 0 amide bonds. The van der Waals surface area contributed by atoms with Gasteiger partial charge in [0.1, 0.15) is 0 Å². The first-order valence-electron chi connectivity index (χ1n) is 3.32. The zero-order valence-corrected chi connectivity index (χ0v) is 9.38. The van der Waals surface area contributed by atoms with E-state index in [0.717, 1.165) is 0 Å². The molecule has 0 aliphatic rings. The van der Waals surface area contributed by atoms with Gasteiger partial charge in [-0.15, -0.1) is 0 Å². The summed E-state index contributed by atoms with van der Waals surface area (Å²) < 4.78 is 0. The zero-order chi connectivity index (χ0) is 9.49. The molecule has 0 spiro atoms. The van der Waals surface area contributed by atoms with Gasteiger partial charge in [0.2, 0.25) is 0 Å². The van der Waals surface area contributed by atoms with Gasteiger partial charge in [0.15, 0.2) is 0 Å². The van der Waals surface area contributed by atoms with E-state index < -0.39 is 11.4 Å². The van der Waals surface area contributed by atoms with Gasteiger partial charge < -0.3 is 10.8 Å². The van der Waals surface area contributed by atoms with Crippen LogP contribution in [-0.2, 0) is 4.79 Å². The molecule has 0 radical (unpaired) electrons. The molecular weight excluding hydrogens is 257 g/mol. The molecular formula is C7H16INO2. The van der Waals surface area contributed by atoms with Crippen LogP contribution in [0.15, 0.2) is 0 Å². The third-order valence-electron chi connectivity index (χ3n) is 1.35. The van der Waals surface area contributed by atoms with Crippen molar-refractivity contribution in [3.63, 3.8) is 0 Å². The van der Waals surface area contributed by atoms with Crippen LogP contribution in [0.3, 0.4) is 0 Å². The summed E-state index contributed by atoms with van der Waals surface area (Å²) in [5.41, 5.74) is 4.53. The molecule has 0 bridgehead atoms. The van der Waals surface area contributed by atoms with Gasteiger partial charge in [-0.1, -0.05) is 22.6 Å². The van der Waals surface area contributed by atoms with Crippen molar-refractivity contribution >= 4 is 28.6 Å². The van der Waals surface area contributed by atoms with Crippen molar-refractivity contribution < 1.29 is 9.90 Å². The second-order valence-electron chi connectivity index (χ2n) is 2.73. The number of aliphatic carboxylic acids is 1. The van der Waals surface area contributed by atoms with E-state index in [0.29, 0.717) is 13.0 Å². The maximum absolute atomic E-state index is 10.4. The van der Waals surface area contributed by atoms with E-state index in [1.807, 2.05) is 4.93 Å². The minimum absolute atomic E-state index is 0.430. The quantitative estimate of drug-likeness (QED) is 0.605. The summed E-state index contributed by atoms with van der Waals surface area (Å²) in [4.78, 5) is 12.3. The van der Waals surface area contributed by atoms with Crippen molar-refractivity contribution in [2.75, 3.05) is 11.5 Å². The standard InChI is InChI=1S/C6H13NO2.CH3I/c1-6(2,3-4-7)5(8)9;1-2/h3-4,7H2,1-2H3,(H,8,9);1H3. The van der Waals surface area contributed by atoms with Crippen LogP contribution < -0.4 is 5.73 Å². The highest BCUT2D eigenvalue weighted by Crippen LogP contribution is 2.18. The fourth-order valence-electron chi connectivity index (χ4n) is 0.468. The molecule has 0 aromatic rings. The van der Waals surface area contributed by atoms with E-state index in [1.54, 1.807) is 13.8 Å². The Balaban J connectivity index is 0. The average molecular weight is 273 g/mol. The Morgan fingerprint density at radius 3 is 2.00 bits per heavy atom. The first-order valence-corrected chi connectivity index (χ1v) is 5.47. The van der Waals surface area contributed by atoms with Crippen LogP contribution in [-0.4, -0.2) is 22.6 Å². The SMILES string of the molecule is CC(C)(CCN)C(=O)O.CI. The third-order valence-corrected chi connectivity index (χ3v) is 1.35. The van der Waals surface area contributed by atoms with E-state index in [4.69, 9.17) is 10.8 Å². The first kappa shape index (κ1) is 13.7. The molecule has 4 heteroatoms. The second-order valence-corrected chi connectivity index (χ2v) is 2.73. The molecule has 0 rings (SSSR count). The van der Waals surface area contributed by atoms with Gasteiger partial charge in [-0.25, -0.2) is 0 Å². The van der Waals surface area contributed by atoms with E-state index in [2.05, 4.69) is 22.6 Å². The van der Waals surface area contributed by atoms with Crippen LogP contribution in [0.1, 0.15) is 20.3 Å². The highest BCUT2D eigenvalue weighted by Gasteiger charge is 2.25. The van der Waals surface area contributed by atoms with Crippen LogP contribution in [0.5, 0.6) is 0 Å². The number of nitrogens with two attached hydrogens (primary N) is 1. The van der Waals surface area contributed by atoms with Gasteiger partial charge in [0.25, 0.3) is 0 Å². The minimum atomic E-state index is -0.784. The van der Waals surface area contributed by atoms with Crippen LogP contribution in [0.25, 0.3) is 0 Å². The molecule has 0 heterocycles. The molecule has 0 fully saturated rings. The Kier molecular flexibility index (Phi) is 8.54. The second kappa shape index (κ2) is 6.84. The van der Waals surface area contributed by atoms with Gasteiger partial charge >= 0.3 is 5.97 Å². The molecule has 68 valence electrons. The van der Waals surface area contributed by atoms with Crippen molar-refractivity contribution in [2.24, 2.45) is 11.1 Å². The van der Waals surface area contributed by atoms with Crippen molar-refractivity contribution in [3.8, 4) is 0 Å². The van der Waals surface area contributed by atoms with Crippen molar-refractivity contribution in [1.29, 1.82) is 0 Å². The predicted octanol–water partition coefficient (Wildman–Crippen LogP) is 1.50. The number of hydrogen-bond acceptors (Lipinski definition) is 2. The van der Waals surface area contributed by atoms with E-state index >= 15 is 0 Å². The largest absolute Gasteiger partial charge is 0.481 e. The Morgan fingerprint density at radius 2 is 1.91 bits per heavy atom. The first-order chi connectivity index (χ1) is 5.00. The molecule has 3 nitrogen and oxygen atoms in total. The van der Waals surface area contributed by atoms with E-state index in [9.17, 15) is 4.79 Å². The Labute approximate surface area is 81.5 Å². The molecule has 0 aliphatic carbocycles. The Morgan fingerprint density at radius 1 is 1.55 bits per heavy atom. The van der Waals surface area contributed by atoms with Crippen LogP contribution in [0, 0.1) is 5.41 Å². The summed E-state index contributed by atoms with van der Waals surface area (Å²) in [6.45, 7) is 3.77. The van der Waals surface area contributed by atoms with Crippen LogP contribution >= 0.6 is 22.6 Å². The lowest BCUT2D eigenvalue weighted by molar-refractivity contribution is -0.147. The predicted molar refractivity (Wildman–Crippen MR) is 55.0 cm³/mol. The smallest absolute Gasteiger partial charge is 0.309 e. The molecule has 3 N–H and O–H groups in total. The highest BCUT2D eigenvalue weighted by molar-refractivity contribution is 14.1. The summed E-state index contributed by atoms with van der Waals surface area (Å²) in [7, 11) is 0. The number of alkyl halides is 1. The molecule has 0 saturated carbocycles. The van der Waals surface area contributed by atoms with Gasteiger partial charge in [0, 0.05) is 0 Å². The van der Waals surface area contributed by atoms with E-state index in [-0.39, 0.29) is 0 Å². The van der Waals surface area contributed by atoms with Crippen LogP contribution in [0.2, 0.25) is 0 Å². The summed E-state index contributed by atoms with van der Waals surface area (Å²) in [5, 5.41) is 8.52. The molecule has 0 aromatic carbocycles. The van der Waals surface area contributed by atoms with Gasteiger partial charge in [-0.05, 0) is 31.7 Å². The lowest BCUT2D eigenvalue weighted by Gasteiger charge is -2.16. The number of hydrogen-bond donors (Lipinski definition) is 2. The molecule has 11 heavy (non-hydrogen) atoms. The van der Waals surface area contributed by atoms with Crippen molar-refractivity contribution in [1.82, 2.24) is 0 Å². The lowest BCUT2D eigenvalue weighted by Crippen LogP contribution is -2.26.